The second-order valence-corrected chi connectivity index (χ2v) is 7.33. The highest BCUT2D eigenvalue weighted by molar-refractivity contribution is 6.35. The smallest absolute Gasteiger partial charge is 0.262 e. The Kier molecular flexibility index (Phi) is 20.3. The molecular formula is C22H42N4O2. The van der Waals surface area contributed by atoms with Crippen LogP contribution >= 0.6 is 0 Å². The van der Waals surface area contributed by atoms with Crippen LogP contribution in [0.15, 0.2) is 10.2 Å². The summed E-state index contributed by atoms with van der Waals surface area (Å²) in [4.78, 5) is 23.1. The van der Waals surface area contributed by atoms with Gasteiger partial charge in [0.15, 0.2) is 0 Å². The van der Waals surface area contributed by atoms with Gasteiger partial charge in [0, 0.05) is 12.4 Å². The number of hydrogen-bond acceptors (Lipinski definition) is 4. The van der Waals surface area contributed by atoms with Crippen LogP contribution in [0.1, 0.15) is 117 Å². The van der Waals surface area contributed by atoms with Crippen LogP contribution < -0.4 is 10.9 Å². The maximum Gasteiger partial charge on any atom is 0.331 e. The van der Waals surface area contributed by atoms with Gasteiger partial charge in [0.05, 0.1) is 0 Å². The minimum atomic E-state index is -0.788. The molecule has 2 N–H and O–H groups in total. The van der Waals surface area contributed by atoms with Crippen LogP contribution in [-0.2, 0) is 9.59 Å². The number of nitrogens with zero attached hydrogens (tertiary/aromatic N) is 2. The second-order valence-electron chi connectivity index (χ2n) is 7.33. The SMILES string of the molecule is CCCCCCCCCC=NNC(=O)C(=O)NN=CCCCCCCCCC. The van der Waals surface area contributed by atoms with Crippen molar-refractivity contribution in [2.24, 2.45) is 10.2 Å². The minimum Gasteiger partial charge on any atom is -0.262 e. The predicted octanol–water partition coefficient (Wildman–Crippen LogP) is 5.47. The molecule has 0 aliphatic heterocycles. The number of carbonyl (C=O) groups is 2. The Morgan fingerprint density at radius 3 is 1.25 bits per heavy atom. The van der Waals surface area contributed by atoms with Crippen molar-refractivity contribution in [1.82, 2.24) is 10.9 Å². The zero-order valence-electron chi connectivity index (χ0n) is 18.2. The van der Waals surface area contributed by atoms with Gasteiger partial charge < -0.3 is 0 Å². The van der Waals surface area contributed by atoms with Crippen LogP contribution in [0.4, 0.5) is 0 Å². The fourth-order valence-electron chi connectivity index (χ4n) is 2.82. The Morgan fingerprint density at radius 2 is 0.893 bits per heavy atom. The summed E-state index contributed by atoms with van der Waals surface area (Å²) in [6, 6.07) is 0. The Bertz CT molecular complexity index is 396. The summed E-state index contributed by atoms with van der Waals surface area (Å²) < 4.78 is 0. The van der Waals surface area contributed by atoms with Crippen molar-refractivity contribution in [2.45, 2.75) is 117 Å². The lowest BCUT2D eigenvalue weighted by Gasteiger charge is -2.00. The third-order valence-corrected chi connectivity index (χ3v) is 4.59. The lowest BCUT2D eigenvalue weighted by Crippen LogP contribution is -2.35. The first-order chi connectivity index (χ1) is 13.7. The molecule has 6 nitrogen and oxygen atoms in total. The Hall–Kier alpha value is -1.72. The Balaban J connectivity index is 3.53. The maximum atomic E-state index is 11.6. The molecule has 162 valence electrons. The zero-order chi connectivity index (χ0) is 20.7. The number of hydrogen-bond donors (Lipinski definition) is 2. The highest BCUT2D eigenvalue weighted by Crippen LogP contribution is 2.08. The maximum absolute atomic E-state index is 11.6. The molecule has 0 fully saturated rings. The number of hydrazone groups is 2. The van der Waals surface area contributed by atoms with E-state index in [4.69, 9.17) is 0 Å². The first kappa shape index (κ1) is 26.3. The summed E-state index contributed by atoms with van der Waals surface area (Å²) >= 11 is 0. The number of nitrogens with one attached hydrogen (secondary N) is 2. The molecule has 0 saturated heterocycles. The lowest BCUT2D eigenvalue weighted by molar-refractivity contribution is -0.139. The van der Waals surface area contributed by atoms with Crippen molar-refractivity contribution in [2.75, 3.05) is 0 Å². The number of carbonyl (C=O) groups excluding carboxylic acids is 2. The first-order valence-electron chi connectivity index (χ1n) is 11.4. The van der Waals surface area contributed by atoms with Gasteiger partial charge in [-0.2, -0.15) is 10.2 Å². The Morgan fingerprint density at radius 1 is 0.571 bits per heavy atom. The molecule has 0 atom stereocenters. The van der Waals surface area contributed by atoms with E-state index < -0.39 is 11.8 Å². The van der Waals surface area contributed by atoms with E-state index in [0.29, 0.717) is 0 Å². The Labute approximate surface area is 172 Å². The van der Waals surface area contributed by atoms with Gasteiger partial charge in [-0.15, -0.1) is 0 Å². The molecule has 0 spiro atoms. The van der Waals surface area contributed by atoms with Crippen molar-refractivity contribution in [1.29, 1.82) is 0 Å². The number of amides is 2. The van der Waals surface area contributed by atoms with Crippen molar-refractivity contribution >= 4 is 24.2 Å². The quantitative estimate of drug-likeness (QED) is 0.140. The summed E-state index contributed by atoms with van der Waals surface area (Å²) in [7, 11) is 0. The normalized spacial score (nSPS) is 11.4. The fourth-order valence-corrected chi connectivity index (χ4v) is 2.82. The molecule has 6 heteroatoms. The van der Waals surface area contributed by atoms with Gasteiger partial charge in [0.25, 0.3) is 0 Å². The molecule has 0 aromatic carbocycles. The molecule has 0 rings (SSSR count). The van der Waals surface area contributed by atoms with E-state index in [1.807, 2.05) is 0 Å². The van der Waals surface area contributed by atoms with Crippen molar-refractivity contribution in [3.8, 4) is 0 Å². The van der Waals surface area contributed by atoms with Crippen molar-refractivity contribution in [3.63, 3.8) is 0 Å². The third-order valence-electron chi connectivity index (χ3n) is 4.59. The molecule has 0 bridgehead atoms. The van der Waals surface area contributed by atoms with Gasteiger partial charge in [-0.3, -0.25) is 9.59 Å². The topological polar surface area (TPSA) is 82.9 Å². The molecule has 0 radical (unpaired) electrons. The molecule has 0 aliphatic carbocycles. The standard InChI is InChI=1S/C22H42N4O2/c1-3-5-7-9-11-13-15-17-19-23-25-21(27)22(28)26-24-20-18-16-14-12-10-8-6-4-2/h19-20H,3-18H2,1-2H3,(H,25,27)(H,26,28). The molecule has 0 aromatic rings. The highest BCUT2D eigenvalue weighted by atomic mass is 16.2. The van der Waals surface area contributed by atoms with Gasteiger partial charge in [0.2, 0.25) is 0 Å². The van der Waals surface area contributed by atoms with E-state index in [2.05, 4.69) is 34.9 Å². The van der Waals surface area contributed by atoms with E-state index >= 15 is 0 Å². The third kappa shape index (κ3) is 19.1. The summed E-state index contributed by atoms with van der Waals surface area (Å²) in [5, 5.41) is 7.60. The van der Waals surface area contributed by atoms with Crippen LogP contribution in [0.3, 0.4) is 0 Å². The molecule has 0 heterocycles. The zero-order valence-corrected chi connectivity index (χ0v) is 18.2. The monoisotopic (exact) mass is 394 g/mol. The van der Waals surface area contributed by atoms with E-state index in [1.165, 1.54) is 77.0 Å². The van der Waals surface area contributed by atoms with Crippen LogP contribution in [0.5, 0.6) is 0 Å². The first-order valence-corrected chi connectivity index (χ1v) is 11.4. The predicted molar refractivity (Wildman–Crippen MR) is 118 cm³/mol. The molecule has 0 saturated carbocycles. The van der Waals surface area contributed by atoms with Crippen molar-refractivity contribution < 1.29 is 9.59 Å². The van der Waals surface area contributed by atoms with Gasteiger partial charge in [-0.05, 0) is 25.7 Å². The summed E-state index contributed by atoms with van der Waals surface area (Å²) in [6.07, 6.45) is 22.3. The van der Waals surface area contributed by atoms with Gasteiger partial charge in [-0.1, -0.05) is 90.9 Å². The molecule has 2 amide bonds. The van der Waals surface area contributed by atoms with Crippen LogP contribution in [-0.4, -0.2) is 24.2 Å². The van der Waals surface area contributed by atoms with E-state index in [9.17, 15) is 9.59 Å². The molecule has 0 unspecified atom stereocenters. The van der Waals surface area contributed by atoms with Crippen LogP contribution in [0, 0.1) is 0 Å². The number of unbranched alkanes of at least 4 members (excludes halogenated alkanes) is 14. The van der Waals surface area contributed by atoms with E-state index in [-0.39, 0.29) is 0 Å². The fraction of sp³-hybridized carbons (Fsp3) is 0.818. The molecule has 0 aliphatic rings. The van der Waals surface area contributed by atoms with Gasteiger partial charge >= 0.3 is 11.8 Å². The molecule has 28 heavy (non-hydrogen) atoms. The van der Waals surface area contributed by atoms with Gasteiger partial charge in [0.1, 0.15) is 0 Å². The van der Waals surface area contributed by atoms with E-state index in [0.717, 1.165) is 25.7 Å². The van der Waals surface area contributed by atoms with Gasteiger partial charge in [-0.25, -0.2) is 10.9 Å². The summed E-state index contributed by atoms with van der Waals surface area (Å²) in [5.41, 5.74) is 4.46. The molecular weight excluding hydrogens is 352 g/mol. The largest absolute Gasteiger partial charge is 0.331 e. The average Bonchev–Trinajstić information content (AvgIpc) is 2.70. The van der Waals surface area contributed by atoms with Crippen LogP contribution in [0.25, 0.3) is 0 Å². The molecule has 0 aromatic heterocycles. The number of rotatable bonds is 18. The highest BCUT2D eigenvalue weighted by Gasteiger charge is 2.10. The average molecular weight is 395 g/mol. The van der Waals surface area contributed by atoms with Crippen LogP contribution in [0.2, 0.25) is 0 Å². The second kappa shape index (κ2) is 21.6. The lowest BCUT2D eigenvalue weighted by atomic mass is 10.1. The van der Waals surface area contributed by atoms with E-state index in [1.54, 1.807) is 12.4 Å². The summed E-state index contributed by atoms with van der Waals surface area (Å²) in [6.45, 7) is 4.43. The summed E-state index contributed by atoms with van der Waals surface area (Å²) in [5.74, 6) is -1.58. The minimum absolute atomic E-state index is 0.788. The van der Waals surface area contributed by atoms with Crippen molar-refractivity contribution in [3.05, 3.63) is 0 Å².